The predicted molar refractivity (Wildman–Crippen MR) is 152 cm³/mol. The number of rotatable bonds is 6. The quantitative estimate of drug-likeness (QED) is 0.323. The summed E-state index contributed by atoms with van der Waals surface area (Å²) < 4.78 is 3.48. The van der Waals surface area contributed by atoms with Crippen molar-refractivity contribution in [3.63, 3.8) is 0 Å². The summed E-state index contributed by atoms with van der Waals surface area (Å²) in [5.41, 5.74) is 5.25. The maximum atomic E-state index is 13.4. The van der Waals surface area contributed by atoms with Crippen molar-refractivity contribution in [1.29, 1.82) is 0 Å². The van der Waals surface area contributed by atoms with Gasteiger partial charge in [-0.25, -0.2) is 4.68 Å². The van der Waals surface area contributed by atoms with Crippen molar-refractivity contribution in [2.24, 2.45) is 7.05 Å². The highest BCUT2D eigenvalue weighted by Gasteiger charge is 2.25. The minimum absolute atomic E-state index is 0.134. The fourth-order valence-corrected chi connectivity index (χ4v) is 5.72. The van der Waals surface area contributed by atoms with Gasteiger partial charge in [0.05, 0.1) is 29.4 Å². The summed E-state index contributed by atoms with van der Waals surface area (Å²) in [6, 6.07) is 21.0. The number of aromatic nitrogens is 2. The van der Waals surface area contributed by atoms with E-state index in [0.29, 0.717) is 23.7 Å². The summed E-state index contributed by atoms with van der Waals surface area (Å²) in [5, 5.41) is 9.06. The Balaban J connectivity index is 1.52. The second-order valence-electron chi connectivity index (χ2n) is 9.03. The second kappa shape index (κ2) is 10.1. The van der Waals surface area contributed by atoms with Crippen molar-refractivity contribution >= 4 is 52.0 Å². The summed E-state index contributed by atoms with van der Waals surface area (Å²) >= 11 is 1.56. The molecule has 5 rings (SSSR count). The monoisotopic (exact) mass is 528 g/mol. The molecule has 0 spiro atoms. The lowest BCUT2D eigenvalue weighted by atomic mass is 10.2. The molecule has 0 aliphatic carbocycles. The van der Waals surface area contributed by atoms with Crippen LogP contribution in [0.5, 0.6) is 0 Å². The van der Waals surface area contributed by atoms with Gasteiger partial charge in [-0.2, -0.15) is 0 Å². The first-order valence-electron chi connectivity index (χ1n) is 12.1. The van der Waals surface area contributed by atoms with E-state index in [1.807, 2.05) is 85.4 Å². The molecule has 0 bridgehead atoms. The zero-order valence-electron chi connectivity index (χ0n) is 21.5. The Morgan fingerprint density at radius 1 is 0.842 bits per heavy atom. The van der Waals surface area contributed by atoms with Crippen LogP contribution in [0.15, 0.2) is 81.3 Å². The van der Waals surface area contributed by atoms with E-state index < -0.39 is 0 Å². The number of nitrogens with one attached hydrogen (secondary N) is 3. The SMILES string of the molecule is CC(=O)Nc1ccc2c(c1)Sc1cc(NC(C)=O)ccc1N2CNc1c(C)n(C)n(-c2ccccc2)c1=O. The predicted octanol–water partition coefficient (Wildman–Crippen LogP) is 5.07. The van der Waals surface area contributed by atoms with E-state index >= 15 is 0 Å². The van der Waals surface area contributed by atoms with Crippen molar-refractivity contribution in [2.45, 2.75) is 30.6 Å². The fraction of sp³-hybridized carbons (Fsp3) is 0.179. The van der Waals surface area contributed by atoms with Crippen molar-refractivity contribution in [3.05, 3.63) is 82.8 Å². The van der Waals surface area contributed by atoms with Crippen LogP contribution in [0.4, 0.5) is 28.4 Å². The number of carbonyl (C=O) groups excluding carboxylic acids is 2. The molecule has 1 aliphatic heterocycles. The maximum Gasteiger partial charge on any atom is 0.295 e. The van der Waals surface area contributed by atoms with E-state index in [4.69, 9.17) is 0 Å². The van der Waals surface area contributed by atoms with E-state index in [1.165, 1.54) is 13.8 Å². The standard InChI is InChI=1S/C28H28N6O3S/c1-17-27(28(37)34(32(17)4)22-8-6-5-7-9-22)29-16-33-23-12-10-20(30-18(2)35)14-25(23)38-26-15-21(31-19(3)36)11-13-24(26)33/h5-15,29H,16H2,1-4H3,(H,30,35)(H,31,36). The highest BCUT2D eigenvalue weighted by Crippen LogP contribution is 2.49. The van der Waals surface area contributed by atoms with E-state index in [2.05, 4.69) is 20.9 Å². The van der Waals surface area contributed by atoms with Gasteiger partial charge < -0.3 is 20.9 Å². The molecule has 0 saturated heterocycles. The number of nitrogens with zero attached hydrogens (tertiary/aromatic N) is 3. The van der Waals surface area contributed by atoms with Crippen LogP contribution in [0, 0.1) is 6.92 Å². The Morgan fingerprint density at radius 3 is 1.92 bits per heavy atom. The topological polar surface area (TPSA) is 100 Å². The number of fused-ring (bicyclic) bond motifs is 2. The first-order valence-corrected chi connectivity index (χ1v) is 12.9. The molecule has 38 heavy (non-hydrogen) atoms. The van der Waals surface area contributed by atoms with E-state index in [1.54, 1.807) is 16.4 Å². The van der Waals surface area contributed by atoms with Crippen molar-refractivity contribution < 1.29 is 9.59 Å². The number of para-hydroxylation sites is 1. The molecule has 0 radical (unpaired) electrons. The lowest BCUT2D eigenvalue weighted by molar-refractivity contribution is -0.115. The number of carbonyl (C=O) groups is 2. The molecule has 2 heterocycles. The third kappa shape index (κ3) is 4.78. The number of hydrogen-bond acceptors (Lipinski definition) is 6. The molecule has 0 unspecified atom stereocenters. The second-order valence-corrected chi connectivity index (χ2v) is 10.1. The van der Waals surface area contributed by atoms with Gasteiger partial charge in [0.15, 0.2) is 0 Å². The highest BCUT2D eigenvalue weighted by molar-refractivity contribution is 7.99. The van der Waals surface area contributed by atoms with Crippen LogP contribution < -0.4 is 26.4 Å². The molecule has 194 valence electrons. The van der Waals surface area contributed by atoms with Gasteiger partial charge in [0, 0.05) is 42.1 Å². The van der Waals surface area contributed by atoms with Gasteiger partial charge in [-0.1, -0.05) is 30.0 Å². The van der Waals surface area contributed by atoms with Crippen molar-refractivity contribution in [2.75, 3.05) is 27.5 Å². The van der Waals surface area contributed by atoms with Crippen LogP contribution in [-0.4, -0.2) is 27.8 Å². The van der Waals surface area contributed by atoms with Gasteiger partial charge in [0.2, 0.25) is 11.8 Å². The Labute approximate surface area is 224 Å². The largest absolute Gasteiger partial charge is 0.361 e. The van der Waals surface area contributed by atoms with Gasteiger partial charge in [0.1, 0.15) is 5.69 Å². The Morgan fingerprint density at radius 2 is 1.39 bits per heavy atom. The molecule has 9 nitrogen and oxygen atoms in total. The van der Waals surface area contributed by atoms with Crippen LogP contribution in [0.3, 0.4) is 0 Å². The molecule has 2 amide bonds. The molecule has 3 aromatic carbocycles. The van der Waals surface area contributed by atoms with Gasteiger partial charge in [-0.05, 0) is 55.5 Å². The highest BCUT2D eigenvalue weighted by atomic mass is 32.2. The molecule has 3 N–H and O–H groups in total. The molecule has 0 atom stereocenters. The van der Waals surface area contributed by atoms with Crippen LogP contribution in [0.2, 0.25) is 0 Å². The van der Waals surface area contributed by atoms with E-state index in [9.17, 15) is 14.4 Å². The third-order valence-electron chi connectivity index (χ3n) is 6.33. The third-order valence-corrected chi connectivity index (χ3v) is 7.42. The molecule has 1 aromatic heterocycles. The molecule has 10 heteroatoms. The summed E-state index contributed by atoms with van der Waals surface area (Å²) in [6.07, 6.45) is 0. The van der Waals surface area contributed by atoms with Crippen LogP contribution in [-0.2, 0) is 16.6 Å². The molecular weight excluding hydrogens is 500 g/mol. The first-order chi connectivity index (χ1) is 18.2. The number of anilines is 5. The molecule has 4 aromatic rings. The molecule has 0 fully saturated rings. The fourth-order valence-electron chi connectivity index (χ4n) is 4.55. The summed E-state index contributed by atoms with van der Waals surface area (Å²) in [5.74, 6) is -0.293. The summed E-state index contributed by atoms with van der Waals surface area (Å²) in [6.45, 7) is 5.19. The Kier molecular flexibility index (Phi) is 6.73. The van der Waals surface area contributed by atoms with Gasteiger partial charge in [-0.15, -0.1) is 0 Å². The van der Waals surface area contributed by atoms with Crippen molar-refractivity contribution in [3.8, 4) is 5.69 Å². The van der Waals surface area contributed by atoms with Gasteiger partial charge >= 0.3 is 0 Å². The van der Waals surface area contributed by atoms with Gasteiger partial charge in [-0.3, -0.25) is 19.1 Å². The number of amides is 2. The minimum atomic E-state index is -0.146. The van der Waals surface area contributed by atoms with Crippen LogP contribution in [0.1, 0.15) is 19.5 Å². The maximum absolute atomic E-state index is 13.4. The minimum Gasteiger partial charge on any atom is -0.361 e. The lowest BCUT2D eigenvalue weighted by Gasteiger charge is -2.33. The van der Waals surface area contributed by atoms with Crippen molar-refractivity contribution in [1.82, 2.24) is 9.36 Å². The smallest absolute Gasteiger partial charge is 0.295 e. The molecule has 1 aliphatic rings. The zero-order chi connectivity index (χ0) is 27.0. The average molecular weight is 529 g/mol. The van der Waals surface area contributed by atoms with E-state index in [0.717, 1.165) is 32.5 Å². The Bertz CT molecular complexity index is 1540. The zero-order valence-corrected chi connectivity index (χ0v) is 22.3. The lowest BCUT2D eigenvalue weighted by Crippen LogP contribution is -2.29. The molecular formula is C28H28N6O3S. The van der Waals surface area contributed by atoms with Crippen LogP contribution >= 0.6 is 11.8 Å². The summed E-state index contributed by atoms with van der Waals surface area (Å²) in [7, 11) is 1.87. The van der Waals surface area contributed by atoms with E-state index in [-0.39, 0.29) is 17.4 Å². The normalized spacial score (nSPS) is 11.9. The van der Waals surface area contributed by atoms with Crippen LogP contribution in [0.25, 0.3) is 5.69 Å². The number of hydrogen-bond donors (Lipinski definition) is 3. The number of benzene rings is 3. The Hall–Kier alpha value is -4.44. The molecule has 0 saturated carbocycles. The summed E-state index contributed by atoms with van der Waals surface area (Å²) in [4.78, 5) is 40.7. The first kappa shape index (κ1) is 25.2. The average Bonchev–Trinajstić information content (AvgIpc) is 3.08. The van der Waals surface area contributed by atoms with Gasteiger partial charge in [0.25, 0.3) is 5.56 Å².